The number of carbonyl (C=O) groups excluding carboxylic acids is 4. The van der Waals surface area contributed by atoms with E-state index in [-0.39, 0.29) is 10.7 Å². The third-order valence-electron chi connectivity index (χ3n) is 4.93. The third kappa shape index (κ3) is 5.41. The van der Waals surface area contributed by atoms with Crippen molar-refractivity contribution in [1.29, 1.82) is 0 Å². The van der Waals surface area contributed by atoms with Crippen LogP contribution < -0.4 is 10.1 Å². The first-order valence-corrected chi connectivity index (χ1v) is 11.2. The summed E-state index contributed by atoms with van der Waals surface area (Å²) in [6.07, 6.45) is 1.48. The number of anilines is 1. The molecule has 0 aromatic heterocycles. The molecule has 3 aromatic carbocycles. The lowest BCUT2D eigenvalue weighted by Gasteiger charge is -2.12. The Kier molecular flexibility index (Phi) is 6.89. The van der Waals surface area contributed by atoms with Gasteiger partial charge in [-0.3, -0.25) is 19.3 Å². The largest absolute Gasteiger partial charge is 0.422 e. The van der Waals surface area contributed by atoms with E-state index in [9.17, 15) is 19.2 Å². The van der Waals surface area contributed by atoms with Gasteiger partial charge in [0.05, 0.1) is 10.5 Å². The minimum absolute atomic E-state index is 0.136. The summed E-state index contributed by atoms with van der Waals surface area (Å²) in [5, 5.41) is 2.11. The first-order valence-electron chi connectivity index (χ1n) is 10.4. The van der Waals surface area contributed by atoms with Crippen molar-refractivity contribution in [2.75, 3.05) is 11.9 Å². The van der Waals surface area contributed by atoms with Crippen molar-refractivity contribution in [2.45, 2.75) is 6.92 Å². The fourth-order valence-electron chi connectivity index (χ4n) is 3.18. The summed E-state index contributed by atoms with van der Waals surface area (Å²) in [5.74, 6) is -1.35. The zero-order valence-electron chi connectivity index (χ0n) is 18.2. The highest BCUT2D eigenvalue weighted by molar-refractivity contribution is 8.18. The second-order valence-corrected chi connectivity index (χ2v) is 8.47. The Balaban J connectivity index is 1.48. The number of rotatable bonds is 6. The highest BCUT2D eigenvalue weighted by Gasteiger charge is 2.36. The molecule has 3 amide bonds. The minimum atomic E-state index is -0.585. The molecule has 1 aliphatic heterocycles. The van der Waals surface area contributed by atoms with E-state index < -0.39 is 29.6 Å². The van der Waals surface area contributed by atoms with Crippen LogP contribution in [-0.2, 0) is 9.59 Å². The summed E-state index contributed by atoms with van der Waals surface area (Å²) in [6, 6.07) is 22.4. The van der Waals surface area contributed by atoms with Crippen LogP contribution in [-0.4, -0.2) is 34.5 Å². The number of amides is 3. The topological polar surface area (TPSA) is 92.8 Å². The molecule has 1 N–H and O–H groups in total. The molecule has 0 saturated carbocycles. The normalized spacial score (nSPS) is 14.4. The minimum Gasteiger partial charge on any atom is -0.422 e. The summed E-state index contributed by atoms with van der Waals surface area (Å²) in [5.41, 5.74) is 2.44. The van der Waals surface area contributed by atoms with E-state index in [2.05, 4.69) is 5.32 Å². The van der Waals surface area contributed by atoms with E-state index in [4.69, 9.17) is 4.74 Å². The number of hydrogen-bond acceptors (Lipinski definition) is 6. The second kappa shape index (κ2) is 10.2. The molecule has 34 heavy (non-hydrogen) atoms. The molecular weight excluding hydrogens is 452 g/mol. The number of imide groups is 1. The first-order chi connectivity index (χ1) is 16.4. The lowest BCUT2D eigenvalue weighted by molar-refractivity contribution is -0.127. The van der Waals surface area contributed by atoms with Crippen LogP contribution in [0.15, 0.2) is 83.8 Å². The van der Waals surface area contributed by atoms with Gasteiger partial charge >= 0.3 is 5.97 Å². The van der Waals surface area contributed by atoms with Crippen LogP contribution >= 0.6 is 11.8 Å². The van der Waals surface area contributed by atoms with Crippen LogP contribution in [0.5, 0.6) is 5.75 Å². The summed E-state index contributed by atoms with van der Waals surface area (Å²) in [6.45, 7) is 1.52. The SMILES string of the molecule is Cc1ccc(C(=O)Oc2ccccc2/C=C2\SC(=O)N(CC(=O)Nc3ccccc3)C2=O)cc1. The highest BCUT2D eigenvalue weighted by Crippen LogP contribution is 2.34. The molecule has 3 aromatic rings. The monoisotopic (exact) mass is 472 g/mol. The smallest absolute Gasteiger partial charge is 0.343 e. The standard InChI is InChI=1S/C26H20N2O5S/c1-17-11-13-18(14-12-17)25(31)33-21-10-6-5-7-19(21)15-22-24(30)28(26(32)34-22)16-23(29)27-20-8-3-2-4-9-20/h2-15H,16H2,1H3,(H,27,29)/b22-15-. The maximum Gasteiger partial charge on any atom is 0.343 e. The molecule has 1 aliphatic rings. The number of nitrogens with zero attached hydrogens (tertiary/aromatic N) is 1. The van der Waals surface area contributed by atoms with E-state index in [0.717, 1.165) is 22.2 Å². The van der Waals surface area contributed by atoms with Crippen LogP contribution in [0.3, 0.4) is 0 Å². The molecule has 4 rings (SSSR count). The van der Waals surface area contributed by atoms with E-state index in [0.29, 0.717) is 16.8 Å². The number of carbonyl (C=O) groups is 4. The molecule has 170 valence electrons. The number of nitrogens with one attached hydrogen (secondary N) is 1. The Hall–Kier alpha value is -4.17. The van der Waals surface area contributed by atoms with Gasteiger partial charge in [-0.1, -0.05) is 54.1 Å². The van der Waals surface area contributed by atoms with Crippen LogP contribution in [0.2, 0.25) is 0 Å². The van der Waals surface area contributed by atoms with Crippen molar-refractivity contribution in [3.8, 4) is 5.75 Å². The Morgan fingerprint density at radius 1 is 0.941 bits per heavy atom. The quantitative estimate of drug-likeness (QED) is 0.312. The molecule has 8 heteroatoms. The number of para-hydroxylation sites is 2. The second-order valence-electron chi connectivity index (χ2n) is 7.48. The lowest BCUT2D eigenvalue weighted by atomic mass is 10.1. The number of ether oxygens (including phenoxy) is 1. The average Bonchev–Trinajstić information content (AvgIpc) is 3.08. The molecule has 1 fully saturated rings. The molecular formula is C26H20N2O5S. The number of thioether (sulfide) groups is 1. The molecule has 0 aliphatic carbocycles. The third-order valence-corrected chi connectivity index (χ3v) is 5.84. The van der Waals surface area contributed by atoms with Crippen LogP contribution in [0, 0.1) is 6.92 Å². The van der Waals surface area contributed by atoms with Gasteiger partial charge in [-0.05, 0) is 55.1 Å². The van der Waals surface area contributed by atoms with Gasteiger partial charge in [0.2, 0.25) is 5.91 Å². The predicted octanol–water partition coefficient (Wildman–Crippen LogP) is 4.89. The van der Waals surface area contributed by atoms with Crippen molar-refractivity contribution in [1.82, 2.24) is 4.90 Å². The summed E-state index contributed by atoms with van der Waals surface area (Å²) < 4.78 is 5.53. The van der Waals surface area contributed by atoms with Crippen LogP contribution in [0.1, 0.15) is 21.5 Å². The zero-order valence-corrected chi connectivity index (χ0v) is 19.0. The Bertz CT molecular complexity index is 1290. The molecule has 7 nitrogen and oxygen atoms in total. The van der Waals surface area contributed by atoms with E-state index in [1.54, 1.807) is 60.7 Å². The summed E-state index contributed by atoms with van der Waals surface area (Å²) in [7, 11) is 0. The van der Waals surface area contributed by atoms with Gasteiger partial charge < -0.3 is 10.1 Å². The predicted molar refractivity (Wildman–Crippen MR) is 130 cm³/mol. The van der Waals surface area contributed by atoms with Gasteiger partial charge in [0.25, 0.3) is 11.1 Å². The van der Waals surface area contributed by atoms with Gasteiger partial charge in [-0.2, -0.15) is 0 Å². The number of hydrogen-bond donors (Lipinski definition) is 1. The van der Waals surface area contributed by atoms with Crippen LogP contribution in [0.25, 0.3) is 6.08 Å². The van der Waals surface area contributed by atoms with E-state index in [1.807, 2.05) is 25.1 Å². The summed E-state index contributed by atoms with van der Waals surface area (Å²) in [4.78, 5) is 51.1. The Morgan fingerprint density at radius 2 is 1.62 bits per heavy atom. The zero-order chi connectivity index (χ0) is 24.1. The number of aryl methyl sites for hydroxylation is 1. The Labute approximate surface area is 200 Å². The van der Waals surface area contributed by atoms with Gasteiger partial charge in [0.1, 0.15) is 12.3 Å². The number of esters is 1. The van der Waals surface area contributed by atoms with E-state index >= 15 is 0 Å². The van der Waals surface area contributed by atoms with Crippen molar-refractivity contribution in [2.24, 2.45) is 0 Å². The van der Waals surface area contributed by atoms with Crippen molar-refractivity contribution < 1.29 is 23.9 Å². The molecule has 0 atom stereocenters. The molecule has 0 bridgehead atoms. The molecule has 0 radical (unpaired) electrons. The maximum absolute atomic E-state index is 12.8. The lowest BCUT2D eigenvalue weighted by Crippen LogP contribution is -2.36. The van der Waals surface area contributed by atoms with Crippen LogP contribution in [0.4, 0.5) is 10.5 Å². The number of benzene rings is 3. The van der Waals surface area contributed by atoms with Crippen molar-refractivity contribution >= 4 is 46.5 Å². The first kappa shape index (κ1) is 23.0. The van der Waals surface area contributed by atoms with Crippen molar-refractivity contribution in [3.63, 3.8) is 0 Å². The van der Waals surface area contributed by atoms with Gasteiger partial charge in [0, 0.05) is 11.3 Å². The fraction of sp³-hybridized carbons (Fsp3) is 0.0769. The van der Waals surface area contributed by atoms with E-state index in [1.165, 1.54) is 6.08 Å². The molecule has 1 saturated heterocycles. The van der Waals surface area contributed by atoms with Gasteiger partial charge in [0.15, 0.2) is 0 Å². The average molecular weight is 473 g/mol. The highest BCUT2D eigenvalue weighted by atomic mass is 32.2. The molecule has 0 unspecified atom stereocenters. The molecule has 0 spiro atoms. The maximum atomic E-state index is 12.8. The fourth-order valence-corrected chi connectivity index (χ4v) is 4.01. The summed E-state index contributed by atoms with van der Waals surface area (Å²) >= 11 is 0.729. The Morgan fingerprint density at radius 3 is 2.35 bits per heavy atom. The van der Waals surface area contributed by atoms with Gasteiger partial charge in [-0.15, -0.1) is 0 Å². The molecule has 1 heterocycles. The van der Waals surface area contributed by atoms with Gasteiger partial charge in [-0.25, -0.2) is 4.79 Å². The van der Waals surface area contributed by atoms with Crippen molar-refractivity contribution in [3.05, 3.63) is 100 Å².